The van der Waals surface area contributed by atoms with Crippen LogP contribution in [0.25, 0.3) is 0 Å². The summed E-state index contributed by atoms with van der Waals surface area (Å²) in [5.74, 6) is 0.834. The first kappa shape index (κ1) is 18.3. The van der Waals surface area contributed by atoms with Crippen LogP contribution < -0.4 is 10.1 Å². The van der Waals surface area contributed by atoms with Crippen molar-refractivity contribution < 1.29 is 19.1 Å². The lowest BCUT2D eigenvalue weighted by molar-refractivity contribution is -0.150. The minimum Gasteiger partial charge on any atom is -0.482 e. The van der Waals surface area contributed by atoms with E-state index >= 15 is 0 Å². The summed E-state index contributed by atoms with van der Waals surface area (Å²) >= 11 is 0. The van der Waals surface area contributed by atoms with Gasteiger partial charge in [0.2, 0.25) is 0 Å². The van der Waals surface area contributed by atoms with Crippen LogP contribution in [0.4, 0.5) is 0 Å². The van der Waals surface area contributed by atoms with Crippen molar-refractivity contribution in [1.29, 1.82) is 0 Å². The first-order chi connectivity index (χ1) is 11.4. The zero-order valence-corrected chi connectivity index (χ0v) is 14.9. The SMILES string of the molecule is Cc1cc(OCC(=O)OCC(=O)N[C@H](C)C2CC2)ccc1C(C)C. The minimum absolute atomic E-state index is 0.148. The van der Waals surface area contributed by atoms with Crippen molar-refractivity contribution >= 4 is 11.9 Å². The van der Waals surface area contributed by atoms with E-state index in [-0.39, 0.29) is 25.2 Å². The van der Waals surface area contributed by atoms with Crippen LogP contribution in [0.3, 0.4) is 0 Å². The predicted molar refractivity (Wildman–Crippen MR) is 92.1 cm³/mol. The number of esters is 1. The summed E-state index contributed by atoms with van der Waals surface area (Å²) in [7, 11) is 0. The second-order valence-corrected chi connectivity index (χ2v) is 6.82. The van der Waals surface area contributed by atoms with E-state index in [2.05, 4.69) is 19.2 Å². The Morgan fingerprint density at radius 3 is 2.50 bits per heavy atom. The molecule has 0 unspecified atom stereocenters. The van der Waals surface area contributed by atoms with E-state index < -0.39 is 5.97 Å². The molecular formula is C19H27NO4. The summed E-state index contributed by atoms with van der Waals surface area (Å²) in [6, 6.07) is 5.91. The van der Waals surface area contributed by atoms with E-state index in [1.54, 1.807) is 0 Å². The number of hydrogen-bond donors (Lipinski definition) is 1. The Hall–Kier alpha value is -2.04. The second-order valence-electron chi connectivity index (χ2n) is 6.82. The van der Waals surface area contributed by atoms with Crippen molar-refractivity contribution in [3.63, 3.8) is 0 Å². The van der Waals surface area contributed by atoms with Gasteiger partial charge in [-0.3, -0.25) is 4.79 Å². The van der Waals surface area contributed by atoms with E-state index in [4.69, 9.17) is 9.47 Å². The van der Waals surface area contributed by atoms with Crippen LogP contribution in [0, 0.1) is 12.8 Å². The van der Waals surface area contributed by atoms with Crippen LogP contribution in [-0.4, -0.2) is 31.1 Å². The number of aryl methyl sites for hydroxylation is 1. The molecule has 1 atom stereocenters. The first-order valence-corrected chi connectivity index (χ1v) is 8.55. The van der Waals surface area contributed by atoms with Crippen molar-refractivity contribution in [3.05, 3.63) is 29.3 Å². The first-order valence-electron chi connectivity index (χ1n) is 8.55. The lowest BCUT2D eigenvalue weighted by Gasteiger charge is -2.13. The lowest BCUT2D eigenvalue weighted by Crippen LogP contribution is -2.37. The minimum atomic E-state index is -0.546. The normalized spacial score (nSPS) is 15.0. The van der Waals surface area contributed by atoms with E-state index in [1.807, 2.05) is 32.0 Å². The van der Waals surface area contributed by atoms with Gasteiger partial charge in [-0.05, 0) is 61.8 Å². The smallest absolute Gasteiger partial charge is 0.344 e. The third-order valence-electron chi connectivity index (χ3n) is 4.30. The molecule has 0 radical (unpaired) electrons. The number of benzene rings is 1. The van der Waals surface area contributed by atoms with Crippen molar-refractivity contribution in [2.45, 2.75) is 52.5 Å². The zero-order chi connectivity index (χ0) is 17.7. The summed E-state index contributed by atoms with van der Waals surface area (Å²) in [6.07, 6.45) is 2.31. The van der Waals surface area contributed by atoms with Crippen LogP contribution in [0.15, 0.2) is 18.2 Å². The largest absolute Gasteiger partial charge is 0.482 e. The van der Waals surface area contributed by atoms with Gasteiger partial charge in [0.05, 0.1) is 0 Å². The molecule has 24 heavy (non-hydrogen) atoms. The Balaban J connectivity index is 1.70. The van der Waals surface area contributed by atoms with Crippen LogP contribution in [-0.2, 0) is 14.3 Å². The molecule has 1 fully saturated rings. The predicted octanol–water partition coefficient (Wildman–Crippen LogP) is 2.96. The summed E-state index contributed by atoms with van der Waals surface area (Å²) in [4.78, 5) is 23.4. The standard InChI is InChI=1S/C19H27NO4/c1-12(2)17-8-7-16(9-13(17)3)23-11-19(22)24-10-18(21)20-14(4)15-5-6-15/h7-9,12,14-15H,5-6,10-11H2,1-4H3,(H,20,21)/t14-/m1/s1. The van der Waals surface area contributed by atoms with E-state index in [1.165, 1.54) is 5.56 Å². The molecule has 1 aromatic rings. The van der Waals surface area contributed by atoms with Gasteiger partial charge >= 0.3 is 5.97 Å². The molecule has 1 aliphatic rings. The zero-order valence-electron chi connectivity index (χ0n) is 14.9. The molecule has 1 aliphatic carbocycles. The van der Waals surface area contributed by atoms with Gasteiger partial charge in [-0.1, -0.05) is 19.9 Å². The Morgan fingerprint density at radius 1 is 1.21 bits per heavy atom. The molecule has 5 heteroatoms. The highest BCUT2D eigenvalue weighted by atomic mass is 16.6. The fourth-order valence-corrected chi connectivity index (χ4v) is 2.73. The van der Waals surface area contributed by atoms with Crippen LogP contribution in [0.2, 0.25) is 0 Å². The average Bonchev–Trinajstić information content (AvgIpc) is 3.35. The topological polar surface area (TPSA) is 64.6 Å². The van der Waals surface area contributed by atoms with Gasteiger partial charge in [0.25, 0.3) is 5.91 Å². The summed E-state index contributed by atoms with van der Waals surface area (Å²) in [6.45, 7) is 7.80. The molecule has 1 aromatic carbocycles. The van der Waals surface area contributed by atoms with Crippen molar-refractivity contribution in [2.24, 2.45) is 5.92 Å². The summed E-state index contributed by atoms with van der Waals surface area (Å²) in [5.41, 5.74) is 2.38. The van der Waals surface area contributed by atoms with E-state index in [9.17, 15) is 9.59 Å². The summed E-state index contributed by atoms with van der Waals surface area (Å²) in [5, 5.41) is 2.84. The number of ether oxygens (including phenoxy) is 2. The monoisotopic (exact) mass is 333 g/mol. The quantitative estimate of drug-likeness (QED) is 0.743. The average molecular weight is 333 g/mol. The van der Waals surface area contributed by atoms with Gasteiger partial charge < -0.3 is 14.8 Å². The van der Waals surface area contributed by atoms with Gasteiger partial charge in [0.1, 0.15) is 5.75 Å². The van der Waals surface area contributed by atoms with Crippen molar-refractivity contribution in [2.75, 3.05) is 13.2 Å². The van der Waals surface area contributed by atoms with Crippen molar-refractivity contribution in [1.82, 2.24) is 5.32 Å². The van der Waals surface area contributed by atoms with Crippen molar-refractivity contribution in [3.8, 4) is 5.75 Å². The van der Waals surface area contributed by atoms with Gasteiger partial charge in [0, 0.05) is 6.04 Å². The Kier molecular flexibility index (Phi) is 6.23. The Bertz CT molecular complexity index is 593. The molecule has 1 amide bonds. The van der Waals surface area contributed by atoms with Gasteiger partial charge in [-0.15, -0.1) is 0 Å². The molecule has 132 valence electrons. The van der Waals surface area contributed by atoms with Crippen LogP contribution in [0.1, 0.15) is 50.7 Å². The second kappa shape index (κ2) is 8.18. The van der Waals surface area contributed by atoms with Crippen LogP contribution in [0.5, 0.6) is 5.75 Å². The van der Waals surface area contributed by atoms with Crippen LogP contribution >= 0.6 is 0 Å². The molecule has 0 heterocycles. The number of rotatable bonds is 8. The van der Waals surface area contributed by atoms with Gasteiger partial charge in [0.15, 0.2) is 13.2 Å². The fraction of sp³-hybridized carbons (Fsp3) is 0.579. The molecule has 2 rings (SSSR count). The van der Waals surface area contributed by atoms with Gasteiger partial charge in [-0.2, -0.15) is 0 Å². The maximum atomic E-state index is 11.7. The molecule has 0 saturated heterocycles. The molecule has 1 N–H and O–H groups in total. The van der Waals surface area contributed by atoms with E-state index in [0.29, 0.717) is 17.6 Å². The number of hydrogen-bond acceptors (Lipinski definition) is 4. The maximum Gasteiger partial charge on any atom is 0.344 e. The number of amides is 1. The van der Waals surface area contributed by atoms with Gasteiger partial charge in [-0.25, -0.2) is 4.79 Å². The number of carbonyl (C=O) groups is 2. The Labute approximate surface area is 143 Å². The van der Waals surface area contributed by atoms with E-state index in [0.717, 1.165) is 18.4 Å². The number of carbonyl (C=O) groups excluding carboxylic acids is 2. The molecular weight excluding hydrogens is 306 g/mol. The number of nitrogens with one attached hydrogen (secondary N) is 1. The Morgan fingerprint density at radius 2 is 1.92 bits per heavy atom. The highest BCUT2D eigenvalue weighted by Gasteiger charge is 2.28. The molecule has 5 nitrogen and oxygen atoms in total. The summed E-state index contributed by atoms with van der Waals surface area (Å²) < 4.78 is 10.4. The lowest BCUT2D eigenvalue weighted by atomic mass is 9.98. The fourth-order valence-electron chi connectivity index (χ4n) is 2.73. The molecule has 0 bridgehead atoms. The molecule has 0 aliphatic heterocycles. The molecule has 0 aromatic heterocycles. The third-order valence-corrected chi connectivity index (χ3v) is 4.30. The molecule has 0 spiro atoms. The highest BCUT2D eigenvalue weighted by molar-refractivity contribution is 5.81. The highest BCUT2D eigenvalue weighted by Crippen LogP contribution is 2.32. The molecule has 1 saturated carbocycles. The third kappa shape index (κ3) is 5.55. The maximum absolute atomic E-state index is 11.7.